The van der Waals surface area contributed by atoms with Crippen molar-refractivity contribution in [3.05, 3.63) is 65.9 Å². The predicted molar refractivity (Wildman–Crippen MR) is 132 cm³/mol. The van der Waals surface area contributed by atoms with E-state index in [1.54, 1.807) is 18.0 Å². The lowest BCUT2D eigenvalue weighted by Gasteiger charge is -2.37. The van der Waals surface area contributed by atoms with Crippen LogP contribution in [-0.2, 0) is 4.79 Å². The van der Waals surface area contributed by atoms with Crippen LogP contribution in [0.25, 0.3) is 16.9 Å². The minimum Gasteiger partial charge on any atom is -0.497 e. The number of nitrogens with zero attached hydrogens (tertiary/aromatic N) is 4. The Morgan fingerprint density at radius 1 is 0.941 bits per heavy atom. The normalized spacial score (nSPS) is 14.3. The monoisotopic (exact) mass is 460 g/mol. The maximum absolute atomic E-state index is 13.7. The first-order chi connectivity index (χ1) is 16.2. The molecule has 0 bridgehead atoms. The van der Waals surface area contributed by atoms with E-state index in [-0.39, 0.29) is 11.8 Å². The first kappa shape index (κ1) is 23.5. The van der Waals surface area contributed by atoms with Crippen LogP contribution in [0.1, 0.15) is 36.7 Å². The Bertz CT molecular complexity index is 1180. The quantitative estimate of drug-likeness (QED) is 0.586. The van der Waals surface area contributed by atoms with Gasteiger partial charge in [-0.1, -0.05) is 50.6 Å². The second-order valence-electron chi connectivity index (χ2n) is 9.74. The SMILES string of the molecule is COc1cccc(-c2nn(-c3ccc(C)cc3)cc2C(=O)N2CCN(C(=O)C(C)(C)C)CC2)c1. The molecule has 2 aromatic carbocycles. The van der Waals surface area contributed by atoms with Crippen LogP contribution in [0, 0.1) is 12.3 Å². The van der Waals surface area contributed by atoms with Gasteiger partial charge in [0.05, 0.1) is 18.4 Å². The zero-order valence-electron chi connectivity index (χ0n) is 20.5. The standard InChI is InChI=1S/C27H32N4O3/c1-19-9-11-21(12-10-19)31-18-23(24(28-31)20-7-6-8-22(17-20)34-5)25(32)29-13-15-30(16-14-29)26(33)27(2,3)4/h6-12,17-18H,13-16H2,1-5H3. The molecule has 1 aromatic heterocycles. The summed E-state index contributed by atoms with van der Waals surface area (Å²) in [5, 5.41) is 4.80. The van der Waals surface area contributed by atoms with Crippen molar-refractivity contribution in [2.24, 2.45) is 5.41 Å². The fourth-order valence-corrected chi connectivity index (χ4v) is 4.10. The van der Waals surface area contributed by atoms with Crippen molar-refractivity contribution in [1.29, 1.82) is 0 Å². The molecule has 2 heterocycles. The molecule has 0 N–H and O–H groups in total. The molecule has 0 saturated carbocycles. The molecule has 4 rings (SSSR count). The van der Waals surface area contributed by atoms with Gasteiger partial charge in [-0.25, -0.2) is 4.68 Å². The van der Waals surface area contributed by atoms with E-state index in [4.69, 9.17) is 9.84 Å². The van der Waals surface area contributed by atoms with Gasteiger partial charge in [0.15, 0.2) is 0 Å². The molecule has 0 spiro atoms. The van der Waals surface area contributed by atoms with E-state index in [2.05, 4.69) is 0 Å². The number of ether oxygens (including phenoxy) is 1. The first-order valence-electron chi connectivity index (χ1n) is 11.6. The largest absolute Gasteiger partial charge is 0.497 e. The number of hydrogen-bond acceptors (Lipinski definition) is 4. The number of rotatable bonds is 4. The van der Waals surface area contributed by atoms with E-state index in [9.17, 15) is 9.59 Å². The lowest BCUT2D eigenvalue weighted by molar-refractivity contribution is -0.140. The van der Waals surface area contributed by atoms with E-state index in [0.717, 1.165) is 16.8 Å². The van der Waals surface area contributed by atoms with Crippen LogP contribution in [0.3, 0.4) is 0 Å². The third kappa shape index (κ3) is 4.83. The second kappa shape index (κ2) is 9.33. The second-order valence-corrected chi connectivity index (χ2v) is 9.74. The van der Waals surface area contributed by atoms with Gasteiger partial charge in [-0.15, -0.1) is 0 Å². The average Bonchev–Trinajstić information content (AvgIpc) is 3.28. The number of aromatic nitrogens is 2. The number of methoxy groups -OCH3 is 1. The van der Waals surface area contributed by atoms with Crippen LogP contribution < -0.4 is 4.74 Å². The topological polar surface area (TPSA) is 67.7 Å². The van der Waals surface area contributed by atoms with Gasteiger partial charge in [0, 0.05) is 43.4 Å². The highest BCUT2D eigenvalue weighted by Gasteiger charge is 2.32. The number of amides is 2. The molecule has 0 atom stereocenters. The van der Waals surface area contributed by atoms with E-state index >= 15 is 0 Å². The third-order valence-corrected chi connectivity index (χ3v) is 6.08. The van der Waals surface area contributed by atoms with E-state index in [0.29, 0.717) is 43.2 Å². The number of benzene rings is 2. The Morgan fingerprint density at radius 2 is 1.59 bits per heavy atom. The predicted octanol–water partition coefficient (Wildman–Crippen LogP) is 4.19. The van der Waals surface area contributed by atoms with Gasteiger partial charge in [0.2, 0.25) is 5.91 Å². The van der Waals surface area contributed by atoms with Crippen LogP contribution in [-0.4, -0.2) is 64.7 Å². The van der Waals surface area contributed by atoms with Crippen LogP contribution in [0.15, 0.2) is 54.7 Å². The maximum atomic E-state index is 13.7. The van der Waals surface area contributed by atoms with Crippen molar-refractivity contribution >= 4 is 11.8 Å². The summed E-state index contributed by atoms with van der Waals surface area (Å²) in [5.41, 5.74) is 3.57. The van der Waals surface area contributed by atoms with E-state index in [1.165, 1.54) is 0 Å². The molecule has 0 radical (unpaired) electrons. The molecule has 7 heteroatoms. The van der Waals surface area contributed by atoms with Gasteiger partial charge in [-0.05, 0) is 31.2 Å². The van der Waals surface area contributed by atoms with Crippen molar-refractivity contribution in [2.45, 2.75) is 27.7 Å². The average molecular weight is 461 g/mol. The number of carbonyl (C=O) groups excluding carboxylic acids is 2. The highest BCUT2D eigenvalue weighted by molar-refractivity contribution is 6.00. The molecule has 1 aliphatic heterocycles. The van der Waals surface area contributed by atoms with Gasteiger partial charge < -0.3 is 14.5 Å². The van der Waals surface area contributed by atoms with Gasteiger partial charge in [0.1, 0.15) is 11.4 Å². The minimum absolute atomic E-state index is 0.0842. The molecule has 3 aromatic rings. The highest BCUT2D eigenvalue weighted by atomic mass is 16.5. The Morgan fingerprint density at radius 3 is 2.21 bits per heavy atom. The highest BCUT2D eigenvalue weighted by Crippen LogP contribution is 2.28. The molecule has 0 unspecified atom stereocenters. The summed E-state index contributed by atoms with van der Waals surface area (Å²) in [4.78, 5) is 30.0. The summed E-state index contributed by atoms with van der Waals surface area (Å²) in [6, 6.07) is 15.6. The van der Waals surface area contributed by atoms with Crippen LogP contribution in [0.4, 0.5) is 0 Å². The number of carbonyl (C=O) groups is 2. The van der Waals surface area contributed by atoms with Gasteiger partial charge >= 0.3 is 0 Å². The number of hydrogen-bond donors (Lipinski definition) is 0. The van der Waals surface area contributed by atoms with Gasteiger partial charge in [-0.3, -0.25) is 9.59 Å². The lowest BCUT2D eigenvalue weighted by atomic mass is 9.94. The molecule has 34 heavy (non-hydrogen) atoms. The van der Waals surface area contributed by atoms with E-state index < -0.39 is 5.41 Å². The Kier molecular flexibility index (Phi) is 6.46. The molecular weight excluding hydrogens is 428 g/mol. The minimum atomic E-state index is -0.430. The maximum Gasteiger partial charge on any atom is 0.257 e. The van der Waals surface area contributed by atoms with E-state index in [1.807, 2.05) is 86.0 Å². The van der Waals surface area contributed by atoms with Gasteiger partial charge in [0.25, 0.3) is 5.91 Å². The summed E-state index contributed by atoms with van der Waals surface area (Å²) < 4.78 is 7.14. The number of piperazine rings is 1. The Balaban J connectivity index is 1.65. The number of aryl methyl sites for hydroxylation is 1. The fraction of sp³-hybridized carbons (Fsp3) is 0.370. The summed E-state index contributed by atoms with van der Waals surface area (Å²) in [7, 11) is 1.62. The zero-order chi connectivity index (χ0) is 24.5. The Labute approximate surface area is 200 Å². The van der Waals surface area contributed by atoms with Crippen molar-refractivity contribution in [1.82, 2.24) is 19.6 Å². The van der Waals surface area contributed by atoms with Crippen LogP contribution in [0.5, 0.6) is 5.75 Å². The molecule has 178 valence electrons. The molecule has 7 nitrogen and oxygen atoms in total. The Hall–Kier alpha value is -3.61. The van der Waals surface area contributed by atoms with Crippen LogP contribution in [0.2, 0.25) is 0 Å². The van der Waals surface area contributed by atoms with Crippen LogP contribution >= 0.6 is 0 Å². The third-order valence-electron chi connectivity index (χ3n) is 6.08. The lowest BCUT2D eigenvalue weighted by Crippen LogP contribution is -2.53. The van der Waals surface area contributed by atoms with Crippen molar-refractivity contribution < 1.29 is 14.3 Å². The fourth-order valence-electron chi connectivity index (χ4n) is 4.10. The molecular formula is C27H32N4O3. The van der Waals surface area contributed by atoms with Crippen molar-refractivity contribution in [3.8, 4) is 22.7 Å². The summed E-state index contributed by atoms with van der Waals surface area (Å²) in [6.07, 6.45) is 1.80. The molecule has 1 saturated heterocycles. The smallest absolute Gasteiger partial charge is 0.257 e. The molecule has 0 aliphatic carbocycles. The zero-order valence-corrected chi connectivity index (χ0v) is 20.5. The van der Waals surface area contributed by atoms with Crippen molar-refractivity contribution in [2.75, 3.05) is 33.3 Å². The molecule has 1 aliphatic rings. The van der Waals surface area contributed by atoms with Crippen molar-refractivity contribution in [3.63, 3.8) is 0 Å². The summed E-state index contributed by atoms with van der Waals surface area (Å²) in [5.74, 6) is 0.734. The first-order valence-corrected chi connectivity index (χ1v) is 11.6. The summed E-state index contributed by atoms with van der Waals surface area (Å²) >= 11 is 0. The summed E-state index contributed by atoms with van der Waals surface area (Å²) in [6.45, 7) is 9.85. The van der Waals surface area contributed by atoms with Gasteiger partial charge in [-0.2, -0.15) is 5.10 Å². The molecule has 2 amide bonds. The molecule has 1 fully saturated rings.